The van der Waals surface area contributed by atoms with E-state index in [0.29, 0.717) is 5.13 Å². The summed E-state index contributed by atoms with van der Waals surface area (Å²) in [6.07, 6.45) is 0. The zero-order valence-electron chi connectivity index (χ0n) is 10.7. The van der Waals surface area contributed by atoms with Crippen molar-refractivity contribution in [3.8, 4) is 11.3 Å². The second kappa shape index (κ2) is 4.78. The monoisotopic (exact) mass is 260 g/mol. The molecule has 0 bridgehead atoms. The molecule has 4 nitrogen and oxygen atoms in total. The van der Waals surface area contributed by atoms with Crippen LogP contribution in [0.2, 0.25) is 0 Å². The second-order valence-corrected chi connectivity index (χ2v) is 5.44. The lowest BCUT2D eigenvalue weighted by Crippen LogP contribution is -2.21. The van der Waals surface area contributed by atoms with Gasteiger partial charge in [0, 0.05) is 10.4 Å². The molecule has 0 amide bonds. The van der Waals surface area contributed by atoms with Crippen LogP contribution in [0, 0.1) is 20.8 Å². The molecule has 5 heteroatoms. The Hall–Kier alpha value is -1.88. The van der Waals surface area contributed by atoms with Crippen molar-refractivity contribution >= 4 is 22.4 Å². The second-order valence-electron chi connectivity index (χ2n) is 4.26. The third-order valence-corrected chi connectivity index (χ3v) is 3.52. The van der Waals surface area contributed by atoms with E-state index in [1.165, 1.54) is 22.5 Å². The minimum absolute atomic E-state index is 0.0382. The van der Waals surface area contributed by atoms with E-state index in [1.54, 1.807) is 0 Å². The number of guanidine groups is 1. The van der Waals surface area contributed by atoms with Crippen molar-refractivity contribution in [2.75, 3.05) is 0 Å². The first-order chi connectivity index (χ1) is 8.47. The highest BCUT2D eigenvalue weighted by Crippen LogP contribution is 2.33. The van der Waals surface area contributed by atoms with E-state index in [4.69, 9.17) is 11.5 Å². The predicted octanol–water partition coefficient (Wildman–Crippen LogP) is 2.64. The van der Waals surface area contributed by atoms with Crippen LogP contribution in [0.4, 0.5) is 5.13 Å². The quantitative estimate of drug-likeness (QED) is 0.643. The molecule has 0 radical (unpaired) electrons. The minimum Gasteiger partial charge on any atom is -0.370 e. The zero-order chi connectivity index (χ0) is 13.3. The molecule has 0 fully saturated rings. The summed E-state index contributed by atoms with van der Waals surface area (Å²) in [7, 11) is 0. The number of nitrogens with zero attached hydrogens (tertiary/aromatic N) is 2. The third kappa shape index (κ3) is 2.51. The van der Waals surface area contributed by atoms with E-state index in [0.717, 1.165) is 16.1 Å². The number of nitrogens with two attached hydrogens (primary N) is 2. The van der Waals surface area contributed by atoms with Gasteiger partial charge in [-0.3, -0.25) is 0 Å². The molecule has 4 N–H and O–H groups in total. The third-order valence-electron chi connectivity index (χ3n) is 2.66. The lowest BCUT2D eigenvalue weighted by Gasteiger charge is -2.05. The van der Waals surface area contributed by atoms with Crippen molar-refractivity contribution in [1.29, 1.82) is 0 Å². The van der Waals surface area contributed by atoms with Crippen molar-refractivity contribution in [3.63, 3.8) is 0 Å². The number of benzene rings is 1. The molecule has 0 aliphatic carbocycles. The summed E-state index contributed by atoms with van der Waals surface area (Å²) in [5.74, 6) is 0.0382. The number of aliphatic imine (C=N–C) groups is 1. The molecule has 2 aromatic rings. The Kier molecular flexibility index (Phi) is 3.34. The van der Waals surface area contributed by atoms with Crippen molar-refractivity contribution in [1.82, 2.24) is 4.98 Å². The van der Waals surface area contributed by atoms with E-state index in [9.17, 15) is 0 Å². The summed E-state index contributed by atoms with van der Waals surface area (Å²) in [5.41, 5.74) is 15.3. The Morgan fingerprint density at radius 2 is 1.94 bits per heavy atom. The largest absolute Gasteiger partial charge is 0.370 e. The van der Waals surface area contributed by atoms with Crippen LogP contribution in [0.25, 0.3) is 11.3 Å². The van der Waals surface area contributed by atoms with Crippen LogP contribution in [0.1, 0.15) is 16.0 Å². The molecule has 0 aliphatic rings. The standard InChI is InChI=1S/C13H16N4S/c1-7-4-5-8(2)10(6-7)11-9(3)18-13(16-11)17-12(14)15/h4-6H,1-3H3,(H4,14,15,16,17). The highest BCUT2D eigenvalue weighted by Gasteiger charge is 2.11. The summed E-state index contributed by atoms with van der Waals surface area (Å²) in [6, 6.07) is 6.33. The molecule has 1 aromatic carbocycles. The van der Waals surface area contributed by atoms with Gasteiger partial charge in [0.05, 0.1) is 5.69 Å². The van der Waals surface area contributed by atoms with Gasteiger partial charge in [-0.15, -0.1) is 0 Å². The summed E-state index contributed by atoms with van der Waals surface area (Å²) >= 11 is 1.49. The van der Waals surface area contributed by atoms with Gasteiger partial charge in [0.15, 0.2) is 5.96 Å². The van der Waals surface area contributed by atoms with Gasteiger partial charge in [-0.25, -0.2) is 4.98 Å². The molecule has 0 saturated heterocycles. The van der Waals surface area contributed by atoms with Crippen LogP contribution < -0.4 is 11.5 Å². The van der Waals surface area contributed by atoms with Crippen molar-refractivity contribution < 1.29 is 0 Å². The van der Waals surface area contributed by atoms with Crippen LogP contribution in [0.3, 0.4) is 0 Å². The highest BCUT2D eigenvalue weighted by molar-refractivity contribution is 7.15. The molecule has 0 spiro atoms. The molecule has 2 rings (SSSR count). The number of rotatable bonds is 2. The van der Waals surface area contributed by atoms with E-state index in [2.05, 4.69) is 42.0 Å². The molecule has 1 heterocycles. The normalized spacial score (nSPS) is 10.4. The van der Waals surface area contributed by atoms with Gasteiger partial charge in [0.1, 0.15) is 0 Å². The summed E-state index contributed by atoms with van der Waals surface area (Å²) in [4.78, 5) is 9.61. The maximum atomic E-state index is 5.37. The highest BCUT2D eigenvalue weighted by atomic mass is 32.1. The van der Waals surface area contributed by atoms with Crippen LogP contribution in [0.5, 0.6) is 0 Å². The first-order valence-corrected chi connectivity index (χ1v) is 6.43. The lowest BCUT2D eigenvalue weighted by atomic mass is 10.0. The predicted molar refractivity (Wildman–Crippen MR) is 77.2 cm³/mol. The first kappa shape index (κ1) is 12.6. The Bertz CT molecular complexity index is 609. The maximum absolute atomic E-state index is 5.37. The van der Waals surface area contributed by atoms with Crippen LogP contribution in [0.15, 0.2) is 23.2 Å². The van der Waals surface area contributed by atoms with Gasteiger partial charge in [0.2, 0.25) is 5.13 Å². The van der Waals surface area contributed by atoms with Crippen molar-refractivity contribution in [2.45, 2.75) is 20.8 Å². The number of aryl methyl sites for hydroxylation is 3. The molecular formula is C13H16N4S. The van der Waals surface area contributed by atoms with E-state index in [1.807, 2.05) is 6.92 Å². The average Bonchev–Trinajstić information content (AvgIpc) is 2.62. The van der Waals surface area contributed by atoms with E-state index < -0.39 is 0 Å². The minimum atomic E-state index is 0.0382. The number of thiazole rings is 1. The molecule has 0 unspecified atom stereocenters. The zero-order valence-corrected chi connectivity index (χ0v) is 11.5. The van der Waals surface area contributed by atoms with Gasteiger partial charge in [0.25, 0.3) is 0 Å². The Labute approximate surface area is 110 Å². The lowest BCUT2D eigenvalue weighted by molar-refractivity contribution is 1.29. The number of hydrogen-bond donors (Lipinski definition) is 2. The molecule has 0 atom stereocenters. The fourth-order valence-corrected chi connectivity index (χ4v) is 2.60. The summed E-state index contributed by atoms with van der Waals surface area (Å²) < 4.78 is 0. The average molecular weight is 260 g/mol. The maximum Gasteiger partial charge on any atom is 0.213 e. The molecule has 94 valence electrons. The number of aromatic nitrogens is 1. The molecular weight excluding hydrogens is 244 g/mol. The fraction of sp³-hybridized carbons (Fsp3) is 0.231. The Morgan fingerprint density at radius 1 is 1.22 bits per heavy atom. The Morgan fingerprint density at radius 3 is 2.61 bits per heavy atom. The molecule has 0 aliphatic heterocycles. The topological polar surface area (TPSA) is 77.3 Å². The molecule has 1 aromatic heterocycles. The van der Waals surface area contributed by atoms with Gasteiger partial charge in [-0.05, 0) is 32.4 Å². The fourth-order valence-electron chi connectivity index (χ4n) is 1.78. The van der Waals surface area contributed by atoms with Crippen LogP contribution in [-0.2, 0) is 0 Å². The van der Waals surface area contributed by atoms with Crippen molar-refractivity contribution in [2.24, 2.45) is 16.5 Å². The molecule has 18 heavy (non-hydrogen) atoms. The van der Waals surface area contributed by atoms with E-state index in [-0.39, 0.29) is 5.96 Å². The summed E-state index contributed by atoms with van der Waals surface area (Å²) in [5, 5.41) is 0.600. The van der Waals surface area contributed by atoms with Gasteiger partial charge >= 0.3 is 0 Å². The van der Waals surface area contributed by atoms with Crippen LogP contribution in [-0.4, -0.2) is 10.9 Å². The Balaban J connectivity index is 2.54. The molecule has 0 saturated carbocycles. The van der Waals surface area contributed by atoms with Gasteiger partial charge < -0.3 is 11.5 Å². The van der Waals surface area contributed by atoms with Crippen LogP contribution >= 0.6 is 11.3 Å². The van der Waals surface area contributed by atoms with Gasteiger partial charge in [-0.2, -0.15) is 4.99 Å². The SMILES string of the molecule is Cc1ccc(C)c(-c2nc(N=C(N)N)sc2C)c1. The smallest absolute Gasteiger partial charge is 0.213 e. The van der Waals surface area contributed by atoms with Gasteiger partial charge in [-0.1, -0.05) is 29.0 Å². The van der Waals surface area contributed by atoms with Crippen molar-refractivity contribution in [3.05, 3.63) is 34.2 Å². The van der Waals surface area contributed by atoms with E-state index >= 15 is 0 Å². The summed E-state index contributed by atoms with van der Waals surface area (Å²) in [6.45, 7) is 6.18. The first-order valence-electron chi connectivity index (χ1n) is 5.62. The number of hydrogen-bond acceptors (Lipinski definition) is 3.